The Morgan fingerprint density at radius 3 is 1.95 bits per heavy atom. The summed E-state index contributed by atoms with van der Waals surface area (Å²) in [4.78, 5) is 24.2. The second-order valence-corrected chi connectivity index (χ2v) is 11.7. The largest absolute Gasteiger partial charge is 0.462 e. The Hall–Kier alpha value is -3.22. The van der Waals surface area contributed by atoms with Gasteiger partial charge in [0.15, 0.2) is 0 Å². The lowest BCUT2D eigenvalue weighted by atomic mass is 9.73. The number of esters is 2. The maximum absolute atomic E-state index is 12.2. The molecule has 228 valence electrons. The summed E-state index contributed by atoms with van der Waals surface area (Å²) in [5, 5.41) is 9.13. The first kappa shape index (κ1) is 33.3. The van der Waals surface area contributed by atoms with Crippen LogP contribution < -0.4 is 0 Å². The van der Waals surface area contributed by atoms with Gasteiger partial charge < -0.3 is 19.3 Å². The van der Waals surface area contributed by atoms with Crippen LogP contribution >= 0.6 is 0 Å². The average Bonchev–Trinajstić information content (AvgIpc) is 3.03. The molecule has 1 fully saturated rings. The Balaban J connectivity index is 1.55. The summed E-state index contributed by atoms with van der Waals surface area (Å²) in [6, 6.07) is 17.6. The number of carbonyl (C=O) groups excluding carboxylic acids is 2. The van der Waals surface area contributed by atoms with E-state index in [-0.39, 0.29) is 36.9 Å². The Kier molecular flexibility index (Phi) is 13.5. The summed E-state index contributed by atoms with van der Waals surface area (Å²) >= 11 is 0. The van der Waals surface area contributed by atoms with Crippen LogP contribution in [0.1, 0.15) is 69.4 Å². The first-order valence-electron chi connectivity index (χ1n) is 15.2. The molecule has 42 heavy (non-hydrogen) atoms. The predicted octanol–water partition coefficient (Wildman–Crippen LogP) is 7.06. The van der Waals surface area contributed by atoms with Crippen LogP contribution in [0.3, 0.4) is 0 Å². The minimum atomic E-state index is -0.660. The fourth-order valence-electron chi connectivity index (χ4n) is 5.64. The number of methoxy groups -OCH3 is 1. The van der Waals surface area contributed by atoms with Crippen molar-refractivity contribution in [1.82, 2.24) is 0 Å². The average molecular weight is 577 g/mol. The van der Waals surface area contributed by atoms with E-state index < -0.39 is 18.5 Å². The molecule has 2 atom stereocenters. The molecule has 0 heterocycles. The molecule has 1 aliphatic carbocycles. The Morgan fingerprint density at radius 1 is 0.881 bits per heavy atom. The van der Waals surface area contributed by atoms with Crippen LogP contribution in [-0.4, -0.2) is 50.6 Å². The highest BCUT2D eigenvalue weighted by Crippen LogP contribution is 2.39. The Labute approximate surface area is 251 Å². The number of benzene rings is 2. The first-order valence-corrected chi connectivity index (χ1v) is 15.2. The molecule has 0 saturated heterocycles. The number of hydrogen-bond donors (Lipinski definition) is 1. The molecule has 2 aromatic carbocycles. The van der Waals surface area contributed by atoms with Crippen molar-refractivity contribution in [3.8, 4) is 11.1 Å². The summed E-state index contributed by atoms with van der Waals surface area (Å²) < 4.78 is 15.6. The second-order valence-electron chi connectivity index (χ2n) is 11.7. The van der Waals surface area contributed by atoms with Gasteiger partial charge in [-0.1, -0.05) is 82.0 Å². The number of carbonyl (C=O) groups is 2. The van der Waals surface area contributed by atoms with Crippen molar-refractivity contribution in [2.45, 2.75) is 64.7 Å². The predicted molar refractivity (Wildman–Crippen MR) is 167 cm³/mol. The third-order valence-corrected chi connectivity index (χ3v) is 8.72. The van der Waals surface area contributed by atoms with Crippen molar-refractivity contribution in [3.05, 3.63) is 84.0 Å². The highest BCUT2D eigenvalue weighted by molar-refractivity contribution is 5.88. The van der Waals surface area contributed by atoms with Gasteiger partial charge in [0.1, 0.15) is 0 Å². The van der Waals surface area contributed by atoms with Crippen molar-refractivity contribution in [3.63, 3.8) is 0 Å². The van der Waals surface area contributed by atoms with E-state index in [1.165, 1.54) is 55.9 Å². The molecule has 6 heteroatoms. The molecule has 0 bridgehead atoms. The van der Waals surface area contributed by atoms with Gasteiger partial charge in [-0.15, -0.1) is 0 Å². The zero-order valence-electron chi connectivity index (χ0n) is 25.6. The van der Waals surface area contributed by atoms with Gasteiger partial charge in [-0.3, -0.25) is 0 Å². The van der Waals surface area contributed by atoms with Crippen molar-refractivity contribution in [2.75, 3.05) is 33.5 Å². The van der Waals surface area contributed by atoms with E-state index in [1.807, 2.05) is 0 Å². The summed E-state index contributed by atoms with van der Waals surface area (Å²) in [5.74, 6) is 0.965. The first-order chi connectivity index (χ1) is 20.2. The number of aliphatic hydroxyl groups excluding tert-OH is 1. The molecule has 0 aromatic heterocycles. The normalized spacial score (nSPS) is 18.1. The number of hydrogen-bond acceptors (Lipinski definition) is 6. The molecule has 2 aromatic rings. The van der Waals surface area contributed by atoms with E-state index in [9.17, 15) is 9.59 Å². The van der Waals surface area contributed by atoms with Crippen molar-refractivity contribution < 1.29 is 28.9 Å². The fourth-order valence-corrected chi connectivity index (χ4v) is 5.64. The van der Waals surface area contributed by atoms with E-state index in [0.717, 1.165) is 23.8 Å². The topological polar surface area (TPSA) is 82.1 Å². The molecular weight excluding hydrogens is 528 g/mol. The smallest absolute Gasteiger partial charge is 0.335 e. The highest BCUT2D eigenvalue weighted by Gasteiger charge is 2.25. The summed E-state index contributed by atoms with van der Waals surface area (Å²) in [6.45, 7) is 11.6. The van der Waals surface area contributed by atoms with Crippen LogP contribution in [0.4, 0.5) is 0 Å². The summed E-state index contributed by atoms with van der Waals surface area (Å²) in [7, 11) is 1.48. The second kappa shape index (κ2) is 17.0. The zero-order chi connectivity index (χ0) is 30.5. The lowest BCUT2D eigenvalue weighted by Crippen LogP contribution is -2.23. The Morgan fingerprint density at radius 2 is 1.43 bits per heavy atom. The SMILES string of the molecule is C=C(CO)C(=O)OCC(CCc1ccc(-c2ccc(C3CCC(C(C)CC)CC3)cc2)cc1)COC(=O)C(=C)COC. The number of aryl methyl sites for hydroxylation is 1. The molecule has 6 nitrogen and oxygen atoms in total. The van der Waals surface area contributed by atoms with Crippen LogP contribution in [0.5, 0.6) is 0 Å². The van der Waals surface area contributed by atoms with Crippen LogP contribution in [0, 0.1) is 17.8 Å². The van der Waals surface area contributed by atoms with Gasteiger partial charge in [-0.25, -0.2) is 9.59 Å². The Bertz CT molecular complexity index is 1160. The van der Waals surface area contributed by atoms with Crippen LogP contribution in [0.15, 0.2) is 72.8 Å². The zero-order valence-corrected chi connectivity index (χ0v) is 25.6. The summed E-state index contributed by atoms with van der Waals surface area (Å²) in [6.07, 6.45) is 7.91. The minimum Gasteiger partial charge on any atom is -0.462 e. The molecule has 3 rings (SSSR count). The number of aliphatic hydroxyl groups is 1. The van der Waals surface area contributed by atoms with Crippen LogP contribution in [0.25, 0.3) is 11.1 Å². The third kappa shape index (κ3) is 9.95. The minimum absolute atomic E-state index is 0.0168. The maximum atomic E-state index is 12.2. The lowest BCUT2D eigenvalue weighted by molar-refractivity contribution is -0.144. The van der Waals surface area contributed by atoms with Crippen molar-refractivity contribution >= 4 is 11.9 Å². The van der Waals surface area contributed by atoms with Gasteiger partial charge in [0.2, 0.25) is 0 Å². The molecule has 1 N–H and O–H groups in total. The van der Waals surface area contributed by atoms with E-state index >= 15 is 0 Å². The number of ether oxygens (including phenoxy) is 3. The van der Waals surface area contributed by atoms with Gasteiger partial charge in [0.05, 0.1) is 37.6 Å². The van der Waals surface area contributed by atoms with Gasteiger partial charge in [-0.05, 0) is 78.5 Å². The van der Waals surface area contributed by atoms with Crippen LogP contribution in [-0.2, 0) is 30.2 Å². The molecule has 0 spiro atoms. The molecule has 1 aliphatic rings. The van der Waals surface area contributed by atoms with Gasteiger partial charge in [-0.2, -0.15) is 0 Å². The van der Waals surface area contributed by atoms with Crippen LogP contribution in [0.2, 0.25) is 0 Å². The van der Waals surface area contributed by atoms with E-state index in [1.54, 1.807) is 0 Å². The molecule has 0 aliphatic heterocycles. The maximum Gasteiger partial charge on any atom is 0.335 e. The van der Waals surface area contributed by atoms with E-state index in [4.69, 9.17) is 19.3 Å². The van der Waals surface area contributed by atoms with Gasteiger partial charge in [0.25, 0.3) is 0 Å². The highest BCUT2D eigenvalue weighted by atomic mass is 16.5. The van der Waals surface area contributed by atoms with Crippen molar-refractivity contribution in [1.29, 1.82) is 0 Å². The standard InChI is InChI=1S/C36H48O6/c1-6-25(2)30-13-15-32(16-14-30)34-19-17-33(18-20-34)31-11-9-28(10-12-31)7-8-29(23-41-35(38)26(3)21-37)24-42-36(39)27(4)22-40-5/h9-12,17-20,25,29-30,32,37H,3-4,6-8,13-16,21-24H2,1-2,5H3. The molecule has 2 unspecified atom stereocenters. The number of rotatable bonds is 16. The molecule has 0 amide bonds. The monoisotopic (exact) mass is 576 g/mol. The molecule has 1 saturated carbocycles. The van der Waals surface area contributed by atoms with Gasteiger partial charge >= 0.3 is 11.9 Å². The quantitative estimate of drug-likeness (QED) is 0.170. The lowest BCUT2D eigenvalue weighted by Gasteiger charge is -2.32. The van der Waals surface area contributed by atoms with Crippen molar-refractivity contribution in [2.24, 2.45) is 17.8 Å². The summed E-state index contributed by atoms with van der Waals surface area (Å²) in [5.41, 5.74) is 5.18. The fraction of sp³-hybridized carbons (Fsp3) is 0.500. The van der Waals surface area contributed by atoms with Gasteiger partial charge in [0, 0.05) is 13.0 Å². The molecule has 0 radical (unpaired) electrons. The van der Waals surface area contributed by atoms with E-state index in [2.05, 4.69) is 75.5 Å². The van der Waals surface area contributed by atoms with E-state index in [0.29, 0.717) is 12.3 Å². The molecular formula is C36H48O6. The third-order valence-electron chi connectivity index (χ3n) is 8.72.